The van der Waals surface area contributed by atoms with Crippen molar-refractivity contribution in [3.8, 4) is 11.8 Å². The summed E-state index contributed by atoms with van der Waals surface area (Å²) in [6.45, 7) is 2.44. The molecule has 0 saturated carbocycles. The van der Waals surface area contributed by atoms with Crippen LogP contribution < -0.4 is 10.1 Å². The molecule has 1 N–H and O–H groups in total. The van der Waals surface area contributed by atoms with E-state index in [1.165, 1.54) is 5.56 Å². The summed E-state index contributed by atoms with van der Waals surface area (Å²) in [5, 5.41) is 16.9. The van der Waals surface area contributed by atoms with Gasteiger partial charge in [-0.1, -0.05) is 91.9 Å². The summed E-state index contributed by atoms with van der Waals surface area (Å²) in [5.74, 6) is 0.152. The first kappa shape index (κ1) is 23.8. The molecule has 0 spiro atoms. The molecule has 4 heteroatoms. The predicted molar refractivity (Wildman–Crippen MR) is 150 cm³/mol. The highest BCUT2D eigenvalue weighted by Gasteiger charge is 2.14. The van der Waals surface area contributed by atoms with Gasteiger partial charge in [0.15, 0.2) is 0 Å². The summed E-state index contributed by atoms with van der Waals surface area (Å²) >= 11 is 0. The number of nitrogens with zero attached hydrogens (tertiary/aromatic N) is 1. The fraction of sp³-hybridized carbons (Fsp3) is 0.0909. The van der Waals surface area contributed by atoms with Gasteiger partial charge in [0.25, 0.3) is 5.91 Å². The van der Waals surface area contributed by atoms with E-state index in [-0.39, 0.29) is 5.57 Å². The molecule has 0 unspecified atom stereocenters. The number of rotatable bonds is 7. The Balaban J connectivity index is 1.49. The molecule has 0 atom stereocenters. The fourth-order valence-corrected chi connectivity index (χ4v) is 4.44. The summed E-state index contributed by atoms with van der Waals surface area (Å²) in [6, 6.07) is 35.8. The molecule has 1 amide bonds. The van der Waals surface area contributed by atoms with Gasteiger partial charge < -0.3 is 10.1 Å². The van der Waals surface area contributed by atoms with E-state index in [1.54, 1.807) is 6.08 Å². The summed E-state index contributed by atoms with van der Waals surface area (Å²) in [4.78, 5) is 13.0. The Kier molecular flexibility index (Phi) is 6.96. The van der Waals surface area contributed by atoms with Crippen molar-refractivity contribution in [2.24, 2.45) is 0 Å². The zero-order chi connectivity index (χ0) is 25.6. The Morgan fingerprint density at radius 2 is 1.51 bits per heavy atom. The van der Waals surface area contributed by atoms with Crippen LogP contribution in [0.5, 0.6) is 5.75 Å². The largest absolute Gasteiger partial charge is 0.488 e. The lowest BCUT2D eigenvalue weighted by Crippen LogP contribution is -2.13. The van der Waals surface area contributed by atoms with Crippen LogP contribution in [0, 0.1) is 11.3 Å². The fourth-order valence-electron chi connectivity index (χ4n) is 4.44. The normalized spacial score (nSPS) is 11.3. The second-order valence-corrected chi connectivity index (χ2v) is 8.80. The van der Waals surface area contributed by atoms with Crippen molar-refractivity contribution in [1.82, 2.24) is 0 Å². The third kappa shape index (κ3) is 5.22. The Morgan fingerprint density at radius 1 is 0.838 bits per heavy atom. The average molecular weight is 483 g/mol. The van der Waals surface area contributed by atoms with Crippen LogP contribution in [0.3, 0.4) is 0 Å². The number of amides is 1. The van der Waals surface area contributed by atoms with Crippen LogP contribution in [0.2, 0.25) is 0 Å². The van der Waals surface area contributed by atoms with E-state index in [0.29, 0.717) is 23.6 Å². The van der Waals surface area contributed by atoms with Crippen LogP contribution in [0.25, 0.3) is 27.6 Å². The van der Waals surface area contributed by atoms with Crippen LogP contribution in [0.1, 0.15) is 23.6 Å². The Hall–Kier alpha value is -4.88. The van der Waals surface area contributed by atoms with E-state index >= 15 is 0 Å². The van der Waals surface area contributed by atoms with Crippen molar-refractivity contribution in [2.45, 2.75) is 20.0 Å². The average Bonchev–Trinajstić information content (AvgIpc) is 2.95. The number of aryl methyl sites for hydroxylation is 1. The molecule has 0 aromatic heterocycles. The molecule has 0 radical (unpaired) electrons. The van der Waals surface area contributed by atoms with Gasteiger partial charge in [0, 0.05) is 11.3 Å². The maximum atomic E-state index is 13.0. The molecule has 5 rings (SSSR count). The van der Waals surface area contributed by atoms with Crippen molar-refractivity contribution >= 4 is 39.2 Å². The first-order valence-corrected chi connectivity index (χ1v) is 12.3. The van der Waals surface area contributed by atoms with E-state index in [1.807, 2.05) is 78.9 Å². The molecule has 37 heavy (non-hydrogen) atoms. The van der Waals surface area contributed by atoms with Crippen LogP contribution in [-0.2, 0) is 17.8 Å². The van der Waals surface area contributed by atoms with Crippen molar-refractivity contribution in [3.05, 3.63) is 125 Å². The summed E-state index contributed by atoms with van der Waals surface area (Å²) in [7, 11) is 0. The van der Waals surface area contributed by atoms with Crippen LogP contribution in [0.15, 0.2) is 109 Å². The van der Waals surface area contributed by atoms with Crippen LogP contribution in [0.4, 0.5) is 5.69 Å². The lowest BCUT2D eigenvalue weighted by atomic mass is 10.0. The molecule has 0 bridgehead atoms. The maximum Gasteiger partial charge on any atom is 0.266 e. The summed E-state index contributed by atoms with van der Waals surface area (Å²) in [5.41, 5.74) is 3.60. The van der Waals surface area contributed by atoms with Crippen molar-refractivity contribution in [3.63, 3.8) is 0 Å². The molecule has 0 heterocycles. The minimum atomic E-state index is -0.459. The van der Waals surface area contributed by atoms with Gasteiger partial charge in [-0.3, -0.25) is 4.79 Å². The monoisotopic (exact) mass is 482 g/mol. The van der Waals surface area contributed by atoms with Gasteiger partial charge in [-0.05, 0) is 63.4 Å². The number of ether oxygens (including phenoxy) is 1. The van der Waals surface area contributed by atoms with Gasteiger partial charge in [0.2, 0.25) is 0 Å². The van der Waals surface area contributed by atoms with Gasteiger partial charge in [-0.2, -0.15) is 5.26 Å². The van der Waals surface area contributed by atoms with Crippen molar-refractivity contribution in [2.75, 3.05) is 5.32 Å². The number of fused-ring (bicyclic) bond motifs is 2. The Morgan fingerprint density at radius 3 is 2.24 bits per heavy atom. The van der Waals surface area contributed by atoms with E-state index in [0.717, 1.165) is 33.5 Å². The molecule has 4 nitrogen and oxygen atoms in total. The molecule has 0 aliphatic carbocycles. The number of nitriles is 1. The summed E-state index contributed by atoms with van der Waals surface area (Å²) < 4.78 is 6.32. The van der Waals surface area contributed by atoms with Gasteiger partial charge in [0.05, 0.1) is 0 Å². The molecule has 0 fully saturated rings. The molecular weight excluding hydrogens is 456 g/mol. The molecule has 0 saturated heterocycles. The van der Waals surface area contributed by atoms with Crippen molar-refractivity contribution in [1.29, 1.82) is 5.26 Å². The number of nitrogens with one attached hydrogen (secondary N) is 1. The van der Waals surface area contributed by atoms with Gasteiger partial charge in [-0.15, -0.1) is 0 Å². The Bertz CT molecular complexity index is 1660. The van der Waals surface area contributed by atoms with E-state index in [2.05, 4.69) is 42.6 Å². The smallest absolute Gasteiger partial charge is 0.266 e. The number of hydrogen-bond donors (Lipinski definition) is 1. The Labute approximate surface area is 216 Å². The number of carbonyl (C=O) groups is 1. The third-order valence-electron chi connectivity index (χ3n) is 6.47. The number of anilines is 1. The predicted octanol–water partition coefficient (Wildman–Crippen LogP) is 7.68. The SMILES string of the molecule is CCc1ccc(NC(=O)/C(C#N)=C/c2c(OCc3cccc4ccccc34)ccc3ccccc23)cc1. The summed E-state index contributed by atoms with van der Waals surface area (Å²) in [6.07, 6.45) is 2.54. The lowest BCUT2D eigenvalue weighted by Gasteiger charge is -2.14. The highest BCUT2D eigenvalue weighted by atomic mass is 16.5. The first-order chi connectivity index (χ1) is 18.2. The minimum Gasteiger partial charge on any atom is -0.488 e. The molecule has 0 aliphatic heterocycles. The van der Waals surface area contributed by atoms with Gasteiger partial charge in [-0.25, -0.2) is 0 Å². The second kappa shape index (κ2) is 10.8. The van der Waals surface area contributed by atoms with Crippen LogP contribution in [-0.4, -0.2) is 5.91 Å². The van der Waals surface area contributed by atoms with E-state index in [4.69, 9.17) is 4.74 Å². The van der Waals surface area contributed by atoms with E-state index < -0.39 is 5.91 Å². The number of benzene rings is 5. The molecule has 5 aromatic rings. The number of hydrogen-bond acceptors (Lipinski definition) is 3. The molecule has 180 valence electrons. The minimum absolute atomic E-state index is 0.00549. The van der Waals surface area contributed by atoms with Gasteiger partial charge in [0.1, 0.15) is 24.0 Å². The topological polar surface area (TPSA) is 62.1 Å². The maximum absolute atomic E-state index is 13.0. The molecule has 5 aromatic carbocycles. The van der Waals surface area contributed by atoms with Crippen LogP contribution >= 0.6 is 0 Å². The molecule has 0 aliphatic rings. The zero-order valence-corrected chi connectivity index (χ0v) is 20.6. The van der Waals surface area contributed by atoms with E-state index in [9.17, 15) is 10.1 Å². The molecular formula is C33H26N2O2. The standard InChI is InChI=1S/C33H26N2O2/c1-2-23-14-17-28(18-15-23)35-33(36)27(21-34)20-31-30-13-6-4-9-25(30)16-19-32(31)37-22-26-11-7-10-24-8-3-5-12-29(24)26/h3-20H,2,22H2,1H3,(H,35,36)/b27-20+. The number of carbonyl (C=O) groups excluding carboxylic acids is 1. The second-order valence-electron chi connectivity index (χ2n) is 8.80. The van der Waals surface area contributed by atoms with Gasteiger partial charge >= 0.3 is 0 Å². The highest BCUT2D eigenvalue weighted by molar-refractivity contribution is 6.11. The lowest BCUT2D eigenvalue weighted by molar-refractivity contribution is -0.112. The third-order valence-corrected chi connectivity index (χ3v) is 6.47. The zero-order valence-electron chi connectivity index (χ0n) is 20.6. The van der Waals surface area contributed by atoms with Crippen molar-refractivity contribution < 1.29 is 9.53 Å². The first-order valence-electron chi connectivity index (χ1n) is 12.3. The highest BCUT2D eigenvalue weighted by Crippen LogP contribution is 2.32. The quantitative estimate of drug-likeness (QED) is 0.191.